The first-order valence-corrected chi connectivity index (χ1v) is 9.86. The fourth-order valence-electron chi connectivity index (χ4n) is 2.74. The zero-order chi connectivity index (χ0) is 20.4. The number of carbonyl (C=O) groups is 1. The molecule has 5 nitrogen and oxygen atoms in total. The highest BCUT2D eigenvalue weighted by molar-refractivity contribution is 5.78. The molecule has 0 bridgehead atoms. The maximum Gasteiger partial charge on any atom is 0.222 e. The molecule has 2 N–H and O–H groups in total. The van der Waals surface area contributed by atoms with Gasteiger partial charge in [-0.1, -0.05) is 38.1 Å². The van der Waals surface area contributed by atoms with Gasteiger partial charge in [0.2, 0.25) is 5.91 Å². The molecule has 1 atom stereocenters. The van der Waals surface area contributed by atoms with Gasteiger partial charge in [0.15, 0.2) is 0 Å². The Morgan fingerprint density at radius 2 is 1.54 bits per heavy atom. The van der Waals surface area contributed by atoms with Crippen molar-refractivity contribution in [1.82, 2.24) is 5.32 Å². The molecule has 28 heavy (non-hydrogen) atoms. The third-order valence-corrected chi connectivity index (χ3v) is 4.39. The zero-order valence-electron chi connectivity index (χ0n) is 17.0. The summed E-state index contributed by atoms with van der Waals surface area (Å²) in [5.74, 6) is 1.54. The molecule has 0 radical (unpaired) electrons. The molecule has 2 aromatic carbocycles. The van der Waals surface area contributed by atoms with Gasteiger partial charge in [-0.3, -0.25) is 4.79 Å². The van der Waals surface area contributed by atoms with Gasteiger partial charge in [0, 0.05) is 12.3 Å². The summed E-state index contributed by atoms with van der Waals surface area (Å²) in [5, 5.41) is 12.4. The van der Waals surface area contributed by atoms with Crippen molar-refractivity contribution in [3.8, 4) is 11.5 Å². The molecule has 5 heteroatoms. The van der Waals surface area contributed by atoms with Crippen LogP contribution in [-0.4, -0.2) is 36.9 Å². The van der Waals surface area contributed by atoms with E-state index in [1.54, 1.807) is 0 Å². The van der Waals surface area contributed by atoms with Gasteiger partial charge in [0.1, 0.15) is 11.5 Å². The van der Waals surface area contributed by atoms with Crippen molar-refractivity contribution in [2.24, 2.45) is 5.92 Å². The van der Waals surface area contributed by atoms with Crippen molar-refractivity contribution in [3.05, 3.63) is 59.7 Å². The second-order valence-electron chi connectivity index (χ2n) is 7.07. The van der Waals surface area contributed by atoms with Gasteiger partial charge in [0.25, 0.3) is 0 Å². The SMILES string of the molecule is CCOc1ccc(CCOc2ccc(CC(CO)NC(=O)C(C)C)cc2)cc1. The molecule has 0 aliphatic carbocycles. The van der Waals surface area contributed by atoms with Gasteiger partial charge in [-0.15, -0.1) is 0 Å². The van der Waals surface area contributed by atoms with Crippen LogP contribution in [0.5, 0.6) is 11.5 Å². The third kappa shape index (κ3) is 7.24. The fourth-order valence-corrected chi connectivity index (χ4v) is 2.74. The molecule has 0 heterocycles. The van der Waals surface area contributed by atoms with E-state index in [0.29, 0.717) is 19.6 Å². The van der Waals surface area contributed by atoms with Gasteiger partial charge in [-0.25, -0.2) is 0 Å². The lowest BCUT2D eigenvalue weighted by Crippen LogP contribution is -2.41. The van der Waals surface area contributed by atoms with Gasteiger partial charge in [0.05, 0.1) is 25.9 Å². The van der Waals surface area contributed by atoms with Gasteiger partial charge in [-0.05, 0) is 48.7 Å². The molecule has 2 rings (SSSR count). The van der Waals surface area contributed by atoms with Crippen LogP contribution < -0.4 is 14.8 Å². The van der Waals surface area contributed by atoms with Crippen molar-refractivity contribution in [1.29, 1.82) is 0 Å². The quantitative estimate of drug-likeness (QED) is 0.622. The van der Waals surface area contributed by atoms with Crippen LogP contribution in [0.2, 0.25) is 0 Å². The van der Waals surface area contributed by atoms with Crippen LogP contribution in [0.4, 0.5) is 0 Å². The van der Waals surface area contributed by atoms with Gasteiger partial charge < -0.3 is 19.9 Å². The summed E-state index contributed by atoms with van der Waals surface area (Å²) in [4.78, 5) is 11.8. The Kier molecular flexibility index (Phi) is 8.82. The number of nitrogens with one attached hydrogen (secondary N) is 1. The van der Waals surface area contributed by atoms with Crippen LogP contribution in [0.3, 0.4) is 0 Å². The predicted octanol–water partition coefficient (Wildman–Crippen LogP) is 3.38. The van der Waals surface area contributed by atoms with Crippen LogP contribution in [0.15, 0.2) is 48.5 Å². The minimum Gasteiger partial charge on any atom is -0.494 e. The average Bonchev–Trinajstić information content (AvgIpc) is 2.70. The van der Waals surface area contributed by atoms with Gasteiger partial charge in [-0.2, -0.15) is 0 Å². The number of ether oxygens (including phenoxy) is 2. The molecule has 0 aliphatic heterocycles. The molecule has 1 amide bonds. The number of carbonyl (C=O) groups excluding carboxylic acids is 1. The van der Waals surface area contributed by atoms with Crippen molar-refractivity contribution >= 4 is 5.91 Å². The molecular weight excluding hydrogens is 354 g/mol. The van der Waals surface area contributed by atoms with E-state index < -0.39 is 0 Å². The summed E-state index contributed by atoms with van der Waals surface area (Å²) < 4.78 is 11.3. The summed E-state index contributed by atoms with van der Waals surface area (Å²) in [6.45, 7) is 6.82. The minimum absolute atomic E-state index is 0.0479. The molecule has 0 saturated carbocycles. The average molecular weight is 386 g/mol. The van der Waals surface area contributed by atoms with Crippen molar-refractivity contribution in [2.75, 3.05) is 19.8 Å². The molecule has 0 spiro atoms. The number of aliphatic hydroxyl groups excluding tert-OH is 1. The standard InChI is InChI=1S/C23H31NO4/c1-4-27-21-9-5-18(6-10-21)13-14-28-22-11-7-19(8-12-22)15-20(16-25)24-23(26)17(2)3/h5-12,17,20,25H,4,13-16H2,1-3H3,(H,24,26). The molecule has 0 fully saturated rings. The molecule has 0 aliphatic rings. The first kappa shape index (κ1) is 21.8. The second-order valence-corrected chi connectivity index (χ2v) is 7.07. The molecule has 152 valence electrons. The Morgan fingerprint density at radius 1 is 0.964 bits per heavy atom. The lowest BCUT2D eigenvalue weighted by atomic mass is 10.1. The zero-order valence-corrected chi connectivity index (χ0v) is 17.0. The fraction of sp³-hybridized carbons (Fsp3) is 0.435. The van der Waals surface area contributed by atoms with Crippen LogP contribution in [-0.2, 0) is 17.6 Å². The highest BCUT2D eigenvalue weighted by Crippen LogP contribution is 2.16. The maximum absolute atomic E-state index is 11.8. The highest BCUT2D eigenvalue weighted by Gasteiger charge is 2.14. The van der Waals surface area contributed by atoms with Crippen LogP contribution in [0.1, 0.15) is 31.9 Å². The first-order valence-electron chi connectivity index (χ1n) is 9.86. The van der Waals surface area contributed by atoms with E-state index in [0.717, 1.165) is 23.5 Å². The summed E-state index contributed by atoms with van der Waals surface area (Å²) >= 11 is 0. The summed E-state index contributed by atoms with van der Waals surface area (Å²) in [6.07, 6.45) is 1.41. The summed E-state index contributed by atoms with van der Waals surface area (Å²) in [6, 6.07) is 15.6. The molecule has 0 saturated heterocycles. The van der Waals surface area contributed by atoms with Crippen molar-refractivity contribution < 1.29 is 19.4 Å². The number of benzene rings is 2. The number of aliphatic hydroxyl groups is 1. The predicted molar refractivity (Wildman–Crippen MR) is 111 cm³/mol. The van der Waals surface area contributed by atoms with E-state index in [2.05, 4.69) is 17.4 Å². The normalized spacial score (nSPS) is 11.9. The molecule has 0 aromatic heterocycles. The Labute approximate surface area is 167 Å². The minimum atomic E-state index is -0.277. The Balaban J connectivity index is 1.79. The Bertz CT molecular complexity index is 710. The van der Waals surface area contributed by atoms with Crippen molar-refractivity contribution in [3.63, 3.8) is 0 Å². The second kappa shape index (κ2) is 11.3. The lowest BCUT2D eigenvalue weighted by molar-refractivity contribution is -0.125. The molecule has 2 aromatic rings. The summed E-state index contributed by atoms with van der Waals surface area (Å²) in [7, 11) is 0. The van der Waals surface area contributed by atoms with Gasteiger partial charge >= 0.3 is 0 Å². The highest BCUT2D eigenvalue weighted by atomic mass is 16.5. The largest absolute Gasteiger partial charge is 0.494 e. The van der Waals surface area contributed by atoms with Crippen LogP contribution >= 0.6 is 0 Å². The molecular formula is C23H31NO4. The number of hydrogen-bond donors (Lipinski definition) is 2. The van der Waals surface area contributed by atoms with E-state index in [1.807, 2.05) is 57.2 Å². The Morgan fingerprint density at radius 3 is 2.07 bits per heavy atom. The Hall–Kier alpha value is -2.53. The van der Waals surface area contributed by atoms with Crippen LogP contribution in [0.25, 0.3) is 0 Å². The van der Waals surface area contributed by atoms with E-state index >= 15 is 0 Å². The topological polar surface area (TPSA) is 67.8 Å². The molecule has 1 unspecified atom stereocenters. The first-order chi connectivity index (χ1) is 13.5. The van der Waals surface area contributed by atoms with Crippen LogP contribution in [0, 0.1) is 5.92 Å². The smallest absolute Gasteiger partial charge is 0.222 e. The summed E-state index contributed by atoms with van der Waals surface area (Å²) in [5.41, 5.74) is 2.24. The van der Waals surface area contributed by atoms with E-state index in [-0.39, 0.29) is 24.5 Å². The number of amides is 1. The van der Waals surface area contributed by atoms with E-state index in [1.165, 1.54) is 5.56 Å². The monoisotopic (exact) mass is 385 g/mol. The van der Waals surface area contributed by atoms with Crippen molar-refractivity contribution in [2.45, 2.75) is 39.7 Å². The lowest BCUT2D eigenvalue weighted by Gasteiger charge is -2.18. The van der Waals surface area contributed by atoms with E-state index in [4.69, 9.17) is 9.47 Å². The third-order valence-electron chi connectivity index (χ3n) is 4.39. The maximum atomic E-state index is 11.8. The number of rotatable bonds is 11. The number of hydrogen-bond acceptors (Lipinski definition) is 4. The van der Waals surface area contributed by atoms with E-state index in [9.17, 15) is 9.90 Å².